The standard InChI is InChI=1S/C18H18N2O3/c1-20(14-6-4-3-5-7-14)18(21)17-12-16(19-23-17)13-8-10-15(22-2)11-9-13/h3-11,17H,12H2,1-2H3/t17-/m0/s1. The van der Waals surface area contributed by atoms with Gasteiger partial charge in [-0.2, -0.15) is 0 Å². The SMILES string of the molecule is COc1ccc(C2=NO[C@H](C(=O)N(C)c3ccccc3)C2)cc1. The predicted molar refractivity (Wildman–Crippen MR) is 88.9 cm³/mol. The number of ether oxygens (including phenoxy) is 1. The van der Waals surface area contributed by atoms with Gasteiger partial charge in [0.05, 0.1) is 12.8 Å². The molecule has 1 amide bonds. The van der Waals surface area contributed by atoms with E-state index in [2.05, 4.69) is 5.16 Å². The lowest BCUT2D eigenvalue weighted by molar-refractivity contribution is -0.128. The van der Waals surface area contributed by atoms with Gasteiger partial charge in [-0.05, 0) is 42.0 Å². The zero-order chi connectivity index (χ0) is 16.2. The molecule has 0 fully saturated rings. The highest BCUT2D eigenvalue weighted by Crippen LogP contribution is 2.22. The molecule has 0 aliphatic carbocycles. The minimum atomic E-state index is -0.586. The summed E-state index contributed by atoms with van der Waals surface area (Å²) in [6.07, 6.45) is -0.125. The Balaban J connectivity index is 1.67. The van der Waals surface area contributed by atoms with Crippen LogP contribution in [0.25, 0.3) is 0 Å². The third-order valence-corrected chi connectivity index (χ3v) is 3.84. The molecule has 0 saturated heterocycles. The average Bonchev–Trinajstić information content (AvgIpc) is 3.11. The molecule has 1 atom stereocenters. The van der Waals surface area contributed by atoms with Crippen molar-refractivity contribution in [3.63, 3.8) is 0 Å². The minimum Gasteiger partial charge on any atom is -0.497 e. The zero-order valence-corrected chi connectivity index (χ0v) is 13.1. The van der Waals surface area contributed by atoms with Crippen molar-refractivity contribution in [2.45, 2.75) is 12.5 Å². The number of benzene rings is 2. The summed E-state index contributed by atoms with van der Waals surface area (Å²) in [5.74, 6) is 0.674. The molecule has 118 valence electrons. The quantitative estimate of drug-likeness (QED) is 0.872. The number of para-hydroxylation sites is 1. The smallest absolute Gasteiger partial charge is 0.271 e. The highest BCUT2D eigenvalue weighted by atomic mass is 16.6. The summed E-state index contributed by atoms with van der Waals surface area (Å²) in [5.41, 5.74) is 2.54. The van der Waals surface area contributed by atoms with Gasteiger partial charge in [0.1, 0.15) is 5.75 Å². The van der Waals surface area contributed by atoms with Crippen LogP contribution in [0.15, 0.2) is 59.8 Å². The van der Waals surface area contributed by atoms with Gasteiger partial charge in [-0.1, -0.05) is 23.4 Å². The number of carbonyl (C=O) groups is 1. The van der Waals surface area contributed by atoms with Gasteiger partial charge >= 0.3 is 0 Å². The Morgan fingerprint density at radius 1 is 1.17 bits per heavy atom. The number of rotatable bonds is 4. The molecule has 0 N–H and O–H groups in total. The summed E-state index contributed by atoms with van der Waals surface area (Å²) in [5, 5.41) is 4.07. The lowest BCUT2D eigenvalue weighted by Gasteiger charge is -2.19. The van der Waals surface area contributed by atoms with E-state index in [4.69, 9.17) is 9.57 Å². The third-order valence-electron chi connectivity index (χ3n) is 3.84. The van der Waals surface area contributed by atoms with Crippen molar-refractivity contribution in [2.24, 2.45) is 5.16 Å². The van der Waals surface area contributed by atoms with Gasteiger partial charge in [-0.25, -0.2) is 0 Å². The number of methoxy groups -OCH3 is 1. The van der Waals surface area contributed by atoms with E-state index < -0.39 is 6.10 Å². The molecule has 23 heavy (non-hydrogen) atoms. The van der Waals surface area contributed by atoms with Crippen LogP contribution in [0.5, 0.6) is 5.75 Å². The van der Waals surface area contributed by atoms with Crippen molar-refractivity contribution in [3.05, 3.63) is 60.2 Å². The zero-order valence-electron chi connectivity index (χ0n) is 13.1. The summed E-state index contributed by atoms with van der Waals surface area (Å²) in [6, 6.07) is 17.0. The van der Waals surface area contributed by atoms with Crippen molar-refractivity contribution in [1.82, 2.24) is 0 Å². The van der Waals surface area contributed by atoms with Crippen LogP contribution < -0.4 is 9.64 Å². The Kier molecular flexibility index (Phi) is 4.28. The Hall–Kier alpha value is -2.82. The maximum Gasteiger partial charge on any atom is 0.271 e. The van der Waals surface area contributed by atoms with E-state index in [-0.39, 0.29) is 5.91 Å². The lowest BCUT2D eigenvalue weighted by atomic mass is 10.0. The van der Waals surface area contributed by atoms with Gasteiger partial charge in [-0.3, -0.25) is 4.79 Å². The monoisotopic (exact) mass is 310 g/mol. The summed E-state index contributed by atoms with van der Waals surface area (Å²) < 4.78 is 5.14. The van der Waals surface area contributed by atoms with Gasteiger partial charge in [0.2, 0.25) is 6.10 Å². The van der Waals surface area contributed by atoms with E-state index in [0.717, 1.165) is 22.7 Å². The first kappa shape index (κ1) is 15.1. The van der Waals surface area contributed by atoms with Gasteiger partial charge in [-0.15, -0.1) is 0 Å². The van der Waals surface area contributed by atoms with Crippen LogP contribution in [0.2, 0.25) is 0 Å². The molecule has 1 aliphatic rings. The molecule has 2 aromatic rings. The minimum absolute atomic E-state index is 0.108. The topological polar surface area (TPSA) is 51.1 Å². The molecule has 5 nitrogen and oxygen atoms in total. The molecule has 0 bridgehead atoms. The van der Waals surface area contributed by atoms with Crippen LogP contribution in [-0.2, 0) is 9.63 Å². The molecule has 1 aliphatic heterocycles. The van der Waals surface area contributed by atoms with E-state index in [9.17, 15) is 4.79 Å². The van der Waals surface area contributed by atoms with E-state index in [0.29, 0.717) is 6.42 Å². The van der Waals surface area contributed by atoms with Gasteiger partial charge in [0.25, 0.3) is 5.91 Å². The van der Waals surface area contributed by atoms with E-state index in [1.807, 2.05) is 54.6 Å². The Morgan fingerprint density at radius 3 is 2.52 bits per heavy atom. The van der Waals surface area contributed by atoms with Gasteiger partial charge in [0.15, 0.2) is 0 Å². The number of carbonyl (C=O) groups excluding carboxylic acids is 1. The summed E-state index contributed by atoms with van der Waals surface area (Å²) >= 11 is 0. The van der Waals surface area contributed by atoms with E-state index in [1.165, 1.54) is 0 Å². The molecule has 5 heteroatoms. The number of nitrogens with zero attached hydrogens (tertiary/aromatic N) is 2. The molecular formula is C18H18N2O3. The van der Waals surface area contributed by atoms with Crippen LogP contribution in [0.3, 0.4) is 0 Å². The number of amides is 1. The maximum atomic E-state index is 12.5. The maximum absolute atomic E-state index is 12.5. The predicted octanol–water partition coefficient (Wildman–Crippen LogP) is 2.85. The molecular weight excluding hydrogens is 292 g/mol. The largest absolute Gasteiger partial charge is 0.497 e. The van der Waals surface area contributed by atoms with E-state index in [1.54, 1.807) is 19.1 Å². The summed E-state index contributed by atoms with van der Waals surface area (Å²) in [6.45, 7) is 0. The molecule has 0 radical (unpaired) electrons. The molecule has 0 spiro atoms. The van der Waals surface area contributed by atoms with Crippen LogP contribution >= 0.6 is 0 Å². The number of anilines is 1. The number of oxime groups is 1. The van der Waals surface area contributed by atoms with Crippen LogP contribution in [0.4, 0.5) is 5.69 Å². The fraction of sp³-hybridized carbons (Fsp3) is 0.222. The van der Waals surface area contributed by atoms with Crippen LogP contribution in [-0.4, -0.2) is 31.9 Å². The molecule has 0 unspecified atom stereocenters. The van der Waals surface area contributed by atoms with Crippen molar-refractivity contribution in [1.29, 1.82) is 0 Å². The molecule has 1 heterocycles. The Morgan fingerprint density at radius 2 is 1.87 bits per heavy atom. The average molecular weight is 310 g/mol. The summed E-state index contributed by atoms with van der Waals surface area (Å²) in [7, 11) is 3.37. The van der Waals surface area contributed by atoms with E-state index >= 15 is 0 Å². The lowest BCUT2D eigenvalue weighted by Crippen LogP contribution is -2.36. The number of hydrogen-bond acceptors (Lipinski definition) is 4. The molecule has 3 rings (SSSR count). The highest BCUT2D eigenvalue weighted by molar-refractivity contribution is 6.06. The fourth-order valence-corrected chi connectivity index (χ4v) is 2.46. The van der Waals surface area contributed by atoms with Gasteiger partial charge < -0.3 is 14.5 Å². The number of likely N-dealkylation sites (N-methyl/N-ethyl adjacent to an activating group) is 1. The first-order valence-corrected chi connectivity index (χ1v) is 7.39. The van der Waals surface area contributed by atoms with Crippen molar-refractivity contribution >= 4 is 17.3 Å². The second-order valence-corrected chi connectivity index (χ2v) is 5.30. The van der Waals surface area contributed by atoms with Crippen molar-refractivity contribution in [2.75, 3.05) is 19.1 Å². The molecule has 2 aromatic carbocycles. The molecule has 0 saturated carbocycles. The second-order valence-electron chi connectivity index (χ2n) is 5.30. The third kappa shape index (κ3) is 3.18. The Bertz CT molecular complexity index is 711. The highest BCUT2D eigenvalue weighted by Gasteiger charge is 2.31. The first-order valence-electron chi connectivity index (χ1n) is 7.39. The van der Waals surface area contributed by atoms with Crippen LogP contribution in [0.1, 0.15) is 12.0 Å². The van der Waals surface area contributed by atoms with Crippen LogP contribution in [0, 0.1) is 0 Å². The molecule has 0 aromatic heterocycles. The van der Waals surface area contributed by atoms with Gasteiger partial charge in [0, 0.05) is 19.2 Å². The second kappa shape index (κ2) is 6.52. The Labute approximate surface area is 135 Å². The fourth-order valence-electron chi connectivity index (χ4n) is 2.46. The normalized spacial score (nSPS) is 16.4. The first-order chi connectivity index (χ1) is 11.2. The van der Waals surface area contributed by atoms with Crippen molar-refractivity contribution < 1.29 is 14.4 Å². The number of hydrogen-bond donors (Lipinski definition) is 0. The summed E-state index contributed by atoms with van der Waals surface area (Å²) in [4.78, 5) is 19.5. The van der Waals surface area contributed by atoms with Crippen molar-refractivity contribution in [3.8, 4) is 5.75 Å².